The number of nitrogens with one attached hydrogen (secondary N) is 1. The lowest BCUT2D eigenvalue weighted by molar-refractivity contribution is -0.0442. The van der Waals surface area contributed by atoms with Crippen molar-refractivity contribution in [3.63, 3.8) is 0 Å². The molecule has 4 bridgehead atoms. The molecule has 3 unspecified atom stereocenters. The van der Waals surface area contributed by atoms with Gasteiger partial charge in [0.1, 0.15) is 0 Å². The van der Waals surface area contributed by atoms with Gasteiger partial charge in [-0.25, -0.2) is 4.98 Å². The molecule has 3 saturated heterocycles. The molecule has 5 rings (SSSR count). The molecule has 1 aliphatic carbocycles. The fraction of sp³-hybridized carbons (Fsp3) is 0.800. The molecule has 1 N–H and O–H groups in total. The molecule has 1 aromatic heterocycles. The molecule has 0 spiro atoms. The Balaban J connectivity index is 1.38. The second-order valence-electron chi connectivity index (χ2n) is 6.78. The lowest BCUT2D eigenvalue weighted by Crippen LogP contribution is -2.64. The molecule has 4 heterocycles. The van der Waals surface area contributed by atoms with Crippen molar-refractivity contribution in [2.45, 2.75) is 31.7 Å². The van der Waals surface area contributed by atoms with Gasteiger partial charge in [-0.3, -0.25) is 0 Å². The summed E-state index contributed by atoms with van der Waals surface area (Å²) in [6.45, 7) is 7.46. The summed E-state index contributed by atoms with van der Waals surface area (Å²) in [7, 11) is 0. The summed E-state index contributed by atoms with van der Waals surface area (Å²) in [6, 6.07) is 0.773. The molecule has 1 saturated carbocycles. The molecular weight excluding hydrogens is 254 g/mol. The molecule has 0 radical (unpaired) electrons. The standard InChI is InChI=1S/C15H23N3S/c1-10(15-16-2-3-19-15)6-17-14-12-4-11-5-13(14)9-18(7-11)8-12/h2-3,10-14,17H,4-9H2,1H3. The molecular formula is C15H23N3S. The zero-order valence-electron chi connectivity index (χ0n) is 11.6. The van der Waals surface area contributed by atoms with Crippen molar-refractivity contribution in [3.05, 3.63) is 16.6 Å². The van der Waals surface area contributed by atoms with E-state index in [9.17, 15) is 0 Å². The number of hydrogen-bond acceptors (Lipinski definition) is 4. The van der Waals surface area contributed by atoms with Gasteiger partial charge in [0.15, 0.2) is 0 Å². The van der Waals surface area contributed by atoms with Gasteiger partial charge in [0.25, 0.3) is 0 Å². The van der Waals surface area contributed by atoms with Crippen molar-refractivity contribution in [2.75, 3.05) is 26.2 Å². The van der Waals surface area contributed by atoms with E-state index in [0.29, 0.717) is 5.92 Å². The van der Waals surface area contributed by atoms with Crippen LogP contribution in [0.15, 0.2) is 11.6 Å². The Labute approximate surface area is 119 Å². The average Bonchev–Trinajstić information content (AvgIpc) is 2.90. The summed E-state index contributed by atoms with van der Waals surface area (Å²) in [5.74, 6) is 3.38. The first-order valence-corrected chi connectivity index (χ1v) is 8.52. The van der Waals surface area contributed by atoms with E-state index in [1.807, 2.05) is 6.20 Å². The quantitative estimate of drug-likeness (QED) is 0.914. The van der Waals surface area contributed by atoms with Crippen LogP contribution in [0.25, 0.3) is 0 Å². The maximum atomic E-state index is 4.44. The third-order valence-corrected chi connectivity index (χ3v) is 6.33. The molecule has 104 valence electrons. The van der Waals surface area contributed by atoms with Gasteiger partial charge in [-0.1, -0.05) is 6.92 Å². The van der Waals surface area contributed by atoms with Crippen LogP contribution in [0.5, 0.6) is 0 Å². The van der Waals surface area contributed by atoms with E-state index in [2.05, 4.69) is 27.5 Å². The number of piperidine rings is 3. The lowest BCUT2D eigenvalue weighted by atomic mass is 9.65. The summed E-state index contributed by atoms with van der Waals surface area (Å²) < 4.78 is 0. The second kappa shape index (κ2) is 4.83. The van der Waals surface area contributed by atoms with Crippen molar-refractivity contribution in [3.8, 4) is 0 Å². The first kappa shape index (κ1) is 12.3. The molecule has 3 aliphatic heterocycles. The van der Waals surface area contributed by atoms with Gasteiger partial charge in [-0.05, 0) is 30.6 Å². The van der Waals surface area contributed by atoms with Crippen LogP contribution in [0.4, 0.5) is 0 Å². The minimum absolute atomic E-state index is 0.553. The van der Waals surface area contributed by atoms with Crippen LogP contribution in [0.3, 0.4) is 0 Å². The maximum Gasteiger partial charge on any atom is 0.0965 e. The number of thiazole rings is 1. The van der Waals surface area contributed by atoms with Crippen molar-refractivity contribution in [2.24, 2.45) is 17.8 Å². The van der Waals surface area contributed by atoms with Crippen LogP contribution in [-0.4, -0.2) is 42.1 Å². The Morgan fingerprint density at radius 3 is 2.79 bits per heavy atom. The van der Waals surface area contributed by atoms with Crippen LogP contribution in [0, 0.1) is 17.8 Å². The van der Waals surface area contributed by atoms with E-state index in [1.165, 1.54) is 37.5 Å². The molecule has 3 atom stereocenters. The van der Waals surface area contributed by atoms with Gasteiger partial charge in [0.05, 0.1) is 5.01 Å². The van der Waals surface area contributed by atoms with Gasteiger partial charge in [0, 0.05) is 49.7 Å². The smallest absolute Gasteiger partial charge is 0.0965 e. The van der Waals surface area contributed by atoms with E-state index < -0.39 is 0 Å². The van der Waals surface area contributed by atoms with Gasteiger partial charge in [-0.15, -0.1) is 11.3 Å². The minimum atomic E-state index is 0.553. The molecule has 3 nitrogen and oxygen atoms in total. The normalized spacial score (nSPS) is 41.6. The monoisotopic (exact) mass is 277 g/mol. The van der Waals surface area contributed by atoms with E-state index in [-0.39, 0.29) is 0 Å². The van der Waals surface area contributed by atoms with E-state index in [0.717, 1.165) is 30.3 Å². The van der Waals surface area contributed by atoms with Crippen LogP contribution in [0.1, 0.15) is 30.7 Å². The van der Waals surface area contributed by atoms with Crippen molar-refractivity contribution < 1.29 is 0 Å². The van der Waals surface area contributed by atoms with Crippen LogP contribution < -0.4 is 5.32 Å². The van der Waals surface area contributed by atoms with Crippen LogP contribution >= 0.6 is 11.3 Å². The Morgan fingerprint density at radius 2 is 2.16 bits per heavy atom. The highest BCUT2D eigenvalue weighted by Crippen LogP contribution is 2.43. The number of nitrogens with zero attached hydrogens (tertiary/aromatic N) is 2. The van der Waals surface area contributed by atoms with E-state index >= 15 is 0 Å². The van der Waals surface area contributed by atoms with Gasteiger partial charge >= 0.3 is 0 Å². The van der Waals surface area contributed by atoms with E-state index in [1.54, 1.807) is 11.3 Å². The highest BCUT2D eigenvalue weighted by Gasteiger charge is 2.47. The molecule has 4 fully saturated rings. The summed E-state index contributed by atoms with van der Waals surface area (Å²) >= 11 is 1.79. The highest BCUT2D eigenvalue weighted by molar-refractivity contribution is 7.09. The summed E-state index contributed by atoms with van der Waals surface area (Å²) in [6.07, 6.45) is 4.86. The highest BCUT2D eigenvalue weighted by atomic mass is 32.1. The first-order valence-electron chi connectivity index (χ1n) is 7.64. The Morgan fingerprint density at radius 1 is 1.37 bits per heavy atom. The fourth-order valence-corrected chi connectivity index (χ4v) is 5.32. The Hall–Kier alpha value is -0.450. The van der Waals surface area contributed by atoms with Gasteiger partial charge in [-0.2, -0.15) is 0 Å². The zero-order valence-corrected chi connectivity index (χ0v) is 12.4. The third-order valence-electron chi connectivity index (χ3n) is 5.32. The van der Waals surface area contributed by atoms with Gasteiger partial charge in [0.2, 0.25) is 0 Å². The van der Waals surface area contributed by atoms with Crippen molar-refractivity contribution >= 4 is 11.3 Å². The van der Waals surface area contributed by atoms with Crippen molar-refractivity contribution in [1.29, 1.82) is 0 Å². The fourth-order valence-electron chi connectivity index (χ4n) is 4.62. The second-order valence-corrected chi connectivity index (χ2v) is 7.71. The molecule has 1 aromatic rings. The number of aromatic nitrogens is 1. The molecule has 4 heteroatoms. The van der Waals surface area contributed by atoms with E-state index in [4.69, 9.17) is 0 Å². The maximum absolute atomic E-state index is 4.44. The predicted octanol–water partition coefficient (Wildman–Crippen LogP) is 2.18. The summed E-state index contributed by atoms with van der Waals surface area (Å²) in [5.41, 5.74) is 0. The van der Waals surface area contributed by atoms with Crippen molar-refractivity contribution in [1.82, 2.24) is 15.2 Å². The first-order chi connectivity index (χ1) is 9.29. The summed E-state index contributed by atoms with van der Waals surface area (Å²) in [4.78, 5) is 7.15. The molecule has 19 heavy (non-hydrogen) atoms. The summed E-state index contributed by atoms with van der Waals surface area (Å²) in [5, 5.41) is 7.26. The number of hydrogen-bond donors (Lipinski definition) is 1. The third kappa shape index (κ3) is 2.24. The van der Waals surface area contributed by atoms with Crippen LogP contribution in [-0.2, 0) is 0 Å². The SMILES string of the molecule is CC(CNC1C2CC3CC1CN(C3)C2)c1nccs1. The largest absolute Gasteiger partial charge is 0.313 e. The lowest BCUT2D eigenvalue weighted by Gasteiger charge is -2.56. The van der Waals surface area contributed by atoms with Gasteiger partial charge < -0.3 is 10.2 Å². The Kier molecular flexibility index (Phi) is 3.13. The minimum Gasteiger partial charge on any atom is -0.313 e. The zero-order chi connectivity index (χ0) is 12.8. The van der Waals surface area contributed by atoms with Crippen LogP contribution in [0.2, 0.25) is 0 Å². The topological polar surface area (TPSA) is 28.2 Å². The molecule has 0 amide bonds. The Bertz CT molecular complexity index is 403. The molecule has 4 aliphatic rings. The molecule has 0 aromatic carbocycles. The average molecular weight is 277 g/mol. The predicted molar refractivity (Wildman–Crippen MR) is 78.5 cm³/mol. The number of rotatable bonds is 4.